The Balaban J connectivity index is 2.16. The van der Waals surface area contributed by atoms with Crippen molar-refractivity contribution in [3.63, 3.8) is 0 Å². The third kappa shape index (κ3) is 6.37. The van der Waals surface area contributed by atoms with Crippen molar-refractivity contribution in [3.8, 4) is 0 Å². The van der Waals surface area contributed by atoms with Crippen LogP contribution in [0.15, 0.2) is 12.2 Å². The molecule has 8 heteroatoms. The first-order valence-corrected chi connectivity index (χ1v) is 10.7. The van der Waals surface area contributed by atoms with Crippen LogP contribution in [0, 0.1) is 5.92 Å². The van der Waals surface area contributed by atoms with Crippen LogP contribution >= 0.6 is 0 Å². The highest BCUT2D eigenvalue weighted by Crippen LogP contribution is 2.43. The van der Waals surface area contributed by atoms with Crippen molar-refractivity contribution in [2.24, 2.45) is 5.92 Å². The van der Waals surface area contributed by atoms with Gasteiger partial charge in [0.25, 0.3) is 0 Å². The van der Waals surface area contributed by atoms with Crippen molar-refractivity contribution in [2.75, 3.05) is 6.61 Å². The summed E-state index contributed by atoms with van der Waals surface area (Å²) >= 11 is 0. The van der Waals surface area contributed by atoms with E-state index in [2.05, 4.69) is 0 Å². The zero-order chi connectivity index (χ0) is 22.7. The van der Waals surface area contributed by atoms with E-state index in [4.69, 9.17) is 14.2 Å². The summed E-state index contributed by atoms with van der Waals surface area (Å²) in [4.78, 5) is 37.7. The number of nitrogens with zero attached hydrogens (tertiary/aromatic N) is 2. The van der Waals surface area contributed by atoms with Gasteiger partial charge >= 0.3 is 18.2 Å². The zero-order valence-corrected chi connectivity index (χ0v) is 19.3. The lowest BCUT2D eigenvalue weighted by Crippen LogP contribution is -2.57. The summed E-state index contributed by atoms with van der Waals surface area (Å²) in [5.41, 5.74) is -1.38. The zero-order valence-electron chi connectivity index (χ0n) is 19.3. The van der Waals surface area contributed by atoms with Gasteiger partial charge in [-0.3, -0.25) is 0 Å². The van der Waals surface area contributed by atoms with Crippen molar-refractivity contribution in [1.29, 1.82) is 0 Å². The van der Waals surface area contributed by atoms with Gasteiger partial charge in [0, 0.05) is 12.0 Å². The van der Waals surface area contributed by atoms with E-state index in [9.17, 15) is 14.4 Å². The van der Waals surface area contributed by atoms with Crippen LogP contribution in [0.3, 0.4) is 0 Å². The summed E-state index contributed by atoms with van der Waals surface area (Å²) in [6.07, 6.45) is 5.07. The lowest BCUT2D eigenvalue weighted by atomic mass is 10.0. The van der Waals surface area contributed by atoms with Gasteiger partial charge in [0.1, 0.15) is 11.2 Å². The van der Waals surface area contributed by atoms with Gasteiger partial charge < -0.3 is 14.2 Å². The Kier molecular flexibility index (Phi) is 7.42. The SMILES string of the molecule is CCCCOC(=O)/C=C/[C@H]1C[C@H]2C[C@@H]1N(C(=O)OC(C)(C)C)N2C(=O)OC(C)(C)C. The van der Waals surface area contributed by atoms with E-state index in [1.165, 1.54) is 16.1 Å². The molecule has 0 radical (unpaired) electrons. The summed E-state index contributed by atoms with van der Waals surface area (Å²) in [5.74, 6) is -0.459. The molecule has 0 aromatic carbocycles. The largest absolute Gasteiger partial charge is 0.463 e. The minimum atomic E-state index is -0.701. The molecule has 0 aromatic rings. The van der Waals surface area contributed by atoms with E-state index in [1.54, 1.807) is 47.6 Å². The number of fused-ring (bicyclic) bond motifs is 2. The molecule has 1 aliphatic heterocycles. The summed E-state index contributed by atoms with van der Waals surface area (Å²) in [5, 5.41) is 2.75. The number of carbonyl (C=O) groups is 3. The van der Waals surface area contributed by atoms with Crippen molar-refractivity contribution in [2.45, 2.75) is 97.4 Å². The van der Waals surface area contributed by atoms with Crippen LogP contribution in [-0.4, -0.2) is 58.1 Å². The van der Waals surface area contributed by atoms with Gasteiger partial charge in [0.15, 0.2) is 0 Å². The Hall–Kier alpha value is -2.25. The molecular formula is C22H36N2O6. The third-order valence-corrected chi connectivity index (χ3v) is 4.83. The van der Waals surface area contributed by atoms with Crippen LogP contribution < -0.4 is 0 Å². The minimum absolute atomic E-state index is 0.0695. The highest BCUT2D eigenvalue weighted by atomic mass is 16.6. The predicted molar refractivity (Wildman–Crippen MR) is 111 cm³/mol. The van der Waals surface area contributed by atoms with Gasteiger partial charge in [-0.05, 0) is 60.8 Å². The lowest BCUT2D eigenvalue weighted by Gasteiger charge is -2.41. The number of rotatable bonds is 5. The molecule has 2 rings (SSSR count). The maximum atomic E-state index is 12.9. The van der Waals surface area contributed by atoms with E-state index in [-0.39, 0.29) is 24.0 Å². The number of carbonyl (C=O) groups excluding carboxylic acids is 3. The Labute approximate surface area is 179 Å². The molecule has 0 aromatic heterocycles. The summed E-state index contributed by atoms with van der Waals surface area (Å²) in [6, 6.07) is -0.472. The van der Waals surface area contributed by atoms with Crippen molar-refractivity contribution in [1.82, 2.24) is 10.0 Å². The van der Waals surface area contributed by atoms with Gasteiger partial charge in [0.2, 0.25) is 0 Å². The lowest BCUT2D eigenvalue weighted by molar-refractivity contribution is -0.137. The van der Waals surface area contributed by atoms with Crippen LogP contribution in [-0.2, 0) is 19.0 Å². The number of hydrogen-bond acceptors (Lipinski definition) is 6. The van der Waals surface area contributed by atoms with Gasteiger partial charge in [0.05, 0.1) is 18.7 Å². The molecule has 2 aliphatic rings. The first-order valence-electron chi connectivity index (χ1n) is 10.7. The molecule has 30 heavy (non-hydrogen) atoms. The second kappa shape index (κ2) is 9.27. The molecule has 2 fully saturated rings. The molecule has 1 saturated heterocycles. The Bertz CT molecular complexity index is 676. The standard InChI is InChI=1S/C22H36N2O6/c1-8-9-12-28-18(25)11-10-15-13-16-14-17(15)24(20(27)30-22(5,6)7)23(16)19(26)29-21(2,3)4/h10-11,15-17H,8-9,12-14H2,1-7H3/b11-10+/t15-,16-,17-/m0/s1. The number of esters is 1. The first kappa shape index (κ1) is 24.0. The normalized spacial score (nSPS) is 23.8. The minimum Gasteiger partial charge on any atom is -0.463 e. The van der Waals surface area contributed by atoms with Crippen LogP contribution in [0.2, 0.25) is 0 Å². The summed E-state index contributed by atoms with van der Waals surface area (Å²) in [6.45, 7) is 13.1. The highest BCUT2D eigenvalue weighted by Gasteiger charge is 2.55. The van der Waals surface area contributed by atoms with Crippen molar-refractivity contribution < 1.29 is 28.6 Å². The number of hydrazine groups is 1. The Morgan fingerprint density at radius 2 is 1.50 bits per heavy atom. The average molecular weight is 425 g/mol. The fourth-order valence-electron chi connectivity index (χ4n) is 3.69. The third-order valence-electron chi connectivity index (χ3n) is 4.83. The number of hydrogen-bond donors (Lipinski definition) is 0. The van der Waals surface area contributed by atoms with E-state index in [0.717, 1.165) is 12.8 Å². The summed E-state index contributed by atoms with van der Waals surface area (Å²) < 4.78 is 16.2. The Morgan fingerprint density at radius 1 is 0.933 bits per heavy atom. The summed E-state index contributed by atoms with van der Waals surface area (Å²) in [7, 11) is 0. The van der Waals surface area contributed by atoms with E-state index < -0.39 is 23.4 Å². The molecule has 1 heterocycles. The average Bonchev–Trinajstić information content (AvgIpc) is 3.15. The fourth-order valence-corrected chi connectivity index (χ4v) is 3.69. The molecule has 0 spiro atoms. The molecule has 170 valence electrons. The van der Waals surface area contributed by atoms with Gasteiger partial charge in [-0.1, -0.05) is 19.4 Å². The number of ether oxygens (including phenoxy) is 3. The van der Waals surface area contributed by atoms with Crippen molar-refractivity contribution in [3.05, 3.63) is 12.2 Å². The second-order valence-electron chi connectivity index (χ2n) is 9.89. The molecule has 0 unspecified atom stereocenters. The molecule has 2 amide bonds. The number of amides is 2. The van der Waals surface area contributed by atoms with Crippen LogP contribution in [0.5, 0.6) is 0 Å². The van der Waals surface area contributed by atoms with E-state index >= 15 is 0 Å². The quantitative estimate of drug-likeness (QED) is 0.281. The highest BCUT2D eigenvalue weighted by molar-refractivity contribution is 5.82. The van der Waals surface area contributed by atoms with Crippen LogP contribution in [0.1, 0.15) is 74.1 Å². The monoisotopic (exact) mass is 424 g/mol. The van der Waals surface area contributed by atoms with Crippen LogP contribution in [0.25, 0.3) is 0 Å². The number of unbranched alkanes of at least 4 members (excludes halogenated alkanes) is 1. The molecule has 1 aliphatic carbocycles. The molecule has 3 atom stereocenters. The molecule has 0 N–H and O–H groups in total. The molecule has 2 bridgehead atoms. The fraction of sp³-hybridized carbons (Fsp3) is 0.773. The smallest absolute Gasteiger partial charge is 0.429 e. The van der Waals surface area contributed by atoms with Crippen LogP contribution in [0.4, 0.5) is 9.59 Å². The van der Waals surface area contributed by atoms with Crippen molar-refractivity contribution >= 4 is 18.2 Å². The molecule has 1 saturated carbocycles. The predicted octanol–water partition coefficient (Wildman–Crippen LogP) is 4.44. The maximum absolute atomic E-state index is 12.9. The van der Waals surface area contributed by atoms with Gasteiger partial charge in [-0.25, -0.2) is 24.4 Å². The molecule has 8 nitrogen and oxygen atoms in total. The topological polar surface area (TPSA) is 85.4 Å². The second-order valence-corrected chi connectivity index (χ2v) is 9.89. The van der Waals surface area contributed by atoms with Gasteiger partial charge in [-0.2, -0.15) is 0 Å². The molecular weight excluding hydrogens is 388 g/mol. The maximum Gasteiger partial charge on any atom is 0.429 e. The Morgan fingerprint density at radius 3 is 2.03 bits per heavy atom. The van der Waals surface area contributed by atoms with E-state index in [1.807, 2.05) is 6.92 Å². The van der Waals surface area contributed by atoms with E-state index in [0.29, 0.717) is 19.4 Å². The van der Waals surface area contributed by atoms with Gasteiger partial charge in [-0.15, -0.1) is 0 Å². The first-order chi connectivity index (χ1) is 13.8.